The topological polar surface area (TPSA) is 55.8 Å². The van der Waals surface area contributed by atoms with Gasteiger partial charge < -0.3 is 20.2 Å². The molecule has 29 heavy (non-hydrogen) atoms. The Balaban J connectivity index is 1.54. The Kier molecular flexibility index (Phi) is 5.40. The van der Waals surface area contributed by atoms with Crippen molar-refractivity contribution >= 4 is 11.8 Å². The molecule has 5 nitrogen and oxygen atoms in total. The first kappa shape index (κ1) is 20.3. The lowest BCUT2D eigenvalue weighted by molar-refractivity contribution is -0.137. The SMILES string of the molecule is O=C(O)N1CCC2(CCNC2Cc2ccc(C(F)(F)F)c(N3CCCC3)c2)CC1. The van der Waals surface area contributed by atoms with Crippen molar-refractivity contribution in [3.05, 3.63) is 29.3 Å². The molecule has 1 unspecified atom stereocenters. The van der Waals surface area contributed by atoms with Gasteiger partial charge in [-0.2, -0.15) is 13.2 Å². The summed E-state index contributed by atoms with van der Waals surface area (Å²) in [7, 11) is 0. The number of hydrogen-bond acceptors (Lipinski definition) is 3. The molecule has 1 aromatic rings. The van der Waals surface area contributed by atoms with E-state index < -0.39 is 17.8 Å². The highest BCUT2D eigenvalue weighted by Gasteiger charge is 2.45. The molecule has 3 saturated heterocycles. The smallest absolute Gasteiger partial charge is 0.418 e. The molecule has 3 fully saturated rings. The molecule has 0 aliphatic carbocycles. The average Bonchev–Trinajstić information content (AvgIpc) is 3.33. The van der Waals surface area contributed by atoms with Crippen LogP contribution < -0.4 is 10.2 Å². The van der Waals surface area contributed by atoms with Gasteiger partial charge in [0.25, 0.3) is 0 Å². The zero-order valence-corrected chi connectivity index (χ0v) is 16.5. The number of benzene rings is 1. The minimum absolute atomic E-state index is 0.0302. The van der Waals surface area contributed by atoms with Gasteiger partial charge in [0.15, 0.2) is 0 Å². The molecule has 0 aromatic heterocycles. The number of likely N-dealkylation sites (tertiary alicyclic amines) is 1. The van der Waals surface area contributed by atoms with Crippen LogP contribution in [0.15, 0.2) is 18.2 Å². The van der Waals surface area contributed by atoms with Crippen molar-refractivity contribution in [2.75, 3.05) is 37.6 Å². The summed E-state index contributed by atoms with van der Waals surface area (Å²) in [5.41, 5.74) is 0.703. The second kappa shape index (κ2) is 7.70. The van der Waals surface area contributed by atoms with Crippen molar-refractivity contribution in [2.45, 2.75) is 50.7 Å². The normalized spacial score (nSPS) is 24.4. The van der Waals surface area contributed by atoms with Gasteiger partial charge >= 0.3 is 12.3 Å². The van der Waals surface area contributed by atoms with Crippen LogP contribution in [0.4, 0.5) is 23.7 Å². The van der Waals surface area contributed by atoms with E-state index in [1.54, 1.807) is 12.1 Å². The highest BCUT2D eigenvalue weighted by atomic mass is 19.4. The lowest BCUT2D eigenvalue weighted by Crippen LogP contribution is -2.48. The van der Waals surface area contributed by atoms with E-state index in [1.165, 1.54) is 11.0 Å². The molecule has 0 bridgehead atoms. The van der Waals surface area contributed by atoms with Gasteiger partial charge in [-0.1, -0.05) is 6.07 Å². The third-order valence-electron chi connectivity index (χ3n) is 7.04. The van der Waals surface area contributed by atoms with E-state index in [4.69, 9.17) is 0 Å². The maximum atomic E-state index is 13.5. The molecule has 3 heterocycles. The van der Waals surface area contributed by atoms with Gasteiger partial charge in [-0.3, -0.25) is 0 Å². The van der Waals surface area contributed by atoms with Crippen LogP contribution in [0.3, 0.4) is 0 Å². The van der Waals surface area contributed by atoms with E-state index in [-0.39, 0.29) is 11.5 Å². The molecule has 8 heteroatoms. The molecule has 0 radical (unpaired) electrons. The fraction of sp³-hybridized carbons (Fsp3) is 0.667. The summed E-state index contributed by atoms with van der Waals surface area (Å²) in [4.78, 5) is 14.5. The van der Waals surface area contributed by atoms with Gasteiger partial charge in [-0.25, -0.2) is 4.79 Å². The van der Waals surface area contributed by atoms with E-state index in [0.717, 1.165) is 44.2 Å². The van der Waals surface area contributed by atoms with Crippen LogP contribution >= 0.6 is 0 Å². The molecule has 2 N–H and O–H groups in total. The predicted molar refractivity (Wildman–Crippen MR) is 104 cm³/mol. The molecule has 160 valence electrons. The minimum atomic E-state index is -4.35. The zero-order chi connectivity index (χ0) is 20.6. The number of carbonyl (C=O) groups is 1. The summed E-state index contributed by atoms with van der Waals surface area (Å²) in [6, 6.07) is 4.75. The molecule has 1 aromatic carbocycles. The van der Waals surface area contributed by atoms with Crippen LogP contribution in [0.1, 0.15) is 43.2 Å². The molecule has 3 aliphatic rings. The van der Waals surface area contributed by atoms with Crippen LogP contribution in [-0.4, -0.2) is 54.9 Å². The molecule has 0 saturated carbocycles. The first-order chi connectivity index (χ1) is 13.8. The number of alkyl halides is 3. The molecular weight excluding hydrogens is 383 g/mol. The maximum absolute atomic E-state index is 13.5. The van der Waals surface area contributed by atoms with Crippen molar-refractivity contribution in [3.63, 3.8) is 0 Å². The Hall–Kier alpha value is -1.96. The van der Waals surface area contributed by atoms with Crippen molar-refractivity contribution < 1.29 is 23.1 Å². The van der Waals surface area contributed by atoms with Crippen molar-refractivity contribution in [3.8, 4) is 0 Å². The third kappa shape index (κ3) is 4.04. The summed E-state index contributed by atoms with van der Waals surface area (Å²) in [6.45, 7) is 3.27. The monoisotopic (exact) mass is 411 g/mol. The minimum Gasteiger partial charge on any atom is -0.465 e. The number of amides is 1. The van der Waals surface area contributed by atoms with E-state index in [9.17, 15) is 23.1 Å². The zero-order valence-electron chi connectivity index (χ0n) is 16.5. The lowest BCUT2D eigenvalue weighted by atomic mass is 9.71. The van der Waals surface area contributed by atoms with Gasteiger partial charge in [0.1, 0.15) is 0 Å². The van der Waals surface area contributed by atoms with E-state index in [1.807, 2.05) is 4.90 Å². The first-order valence-electron chi connectivity index (χ1n) is 10.4. The summed E-state index contributed by atoms with van der Waals surface area (Å²) in [5.74, 6) is 0. The number of anilines is 1. The number of carboxylic acid groups (broad SMARTS) is 1. The Morgan fingerprint density at radius 3 is 2.45 bits per heavy atom. The second-order valence-corrected chi connectivity index (χ2v) is 8.64. The van der Waals surface area contributed by atoms with E-state index in [0.29, 0.717) is 38.3 Å². The summed E-state index contributed by atoms with van der Waals surface area (Å²) in [6.07, 6.45) is -0.110. The first-order valence-corrected chi connectivity index (χ1v) is 10.4. The Morgan fingerprint density at radius 2 is 1.83 bits per heavy atom. The van der Waals surface area contributed by atoms with Gasteiger partial charge in [0.2, 0.25) is 0 Å². The highest BCUT2D eigenvalue weighted by Crippen LogP contribution is 2.44. The summed E-state index contributed by atoms with van der Waals surface area (Å²) < 4.78 is 40.6. The fourth-order valence-corrected chi connectivity index (χ4v) is 5.32. The van der Waals surface area contributed by atoms with Gasteiger partial charge in [0.05, 0.1) is 5.56 Å². The Bertz CT molecular complexity index is 754. The maximum Gasteiger partial charge on any atom is 0.418 e. The largest absolute Gasteiger partial charge is 0.465 e. The van der Waals surface area contributed by atoms with Crippen LogP contribution in [0.5, 0.6) is 0 Å². The van der Waals surface area contributed by atoms with E-state index in [2.05, 4.69) is 5.32 Å². The molecule has 3 aliphatic heterocycles. The quantitative estimate of drug-likeness (QED) is 0.790. The Morgan fingerprint density at radius 1 is 1.14 bits per heavy atom. The van der Waals surface area contributed by atoms with E-state index >= 15 is 0 Å². The van der Waals surface area contributed by atoms with Crippen molar-refractivity contribution in [1.82, 2.24) is 10.2 Å². The number of piperidine rings is 1. The molecule has 1 atom stereocenters. The molecular formula is C21H28F3N3O2. The van der Waals surface area contributed by atoms with Crippen molar-refractivity contribution in [2.24, 2.45) is 5.41 Å². The number of halogens is 3. The van der Waals surface area contributed by atoms with Crippen LogP contribution in [-0.2, 0) is 12.6 Å². The van der Waals surface area contributed by atoms with Gasteiger partial charge in [-0.15, -0.1) is 0 Å². The number of nitrogens with one attached hydrogen (secondary N) is 1. The number of rotatable bonds is 3. The second-order valence-electron chi connectivity index (χ2n) is 8.64. The van der Waals surface area contributed by atoms with Crippen LogP contribution in [0, 0.1) is 5.41 Å². The Labute approximate surface area is 168 Å². The molecule has 1 spiro atoms. The number of nitrogens with zero attached hydrogens (tertiary/aromatic N) is 2. The number of hydrogen-bond donors (Lipinski definition) is 2. The highest BCUT2D eigenvalue weighted by molar-refractivity contribution is 5.65. The molecule has 1 amide bonds. The van der Waals surface area contributed by atoms with Gasteiger partial charge in [-0.05, 0) is 68.2 Å². The fourth-order valence-electron chi connectivity index (χ4n) is 5.32. The molecule has 4 rings (SSSR count). The summed E-state index contributed by atoms with van der Waals surface area (Å²) in [5, 5.41) is 12.8. The van der Waals surface area contributed by atoms with Crippen LogP contribution in [0.25, 0.3) is 0 Å². The lowest BCUT2D eigenvalue weighted by Gasteiger charge is -2.42. The van der Waals surface area contributed by atoms with Gasteiger partial charge in [0, 0.05) is 37.9 Å². The van der Waals surface area contributed by atoms with Crippen LogP contribution in [0.2, 0.25) is 0 Å². The van der Waals surface area contributed by atoms with Crippen molar-refractivity contribution in [1.29, 1.82) is 0 Å². The predicted octanol–water partition coefficient (Wildman–Crippen LogP) is 3.97. The standard InChI is InChI=1S/C21H28F3N3O2/c22-21(23,24)16-4-3-15(13-17(16)26-9-1-2-10-26)14-18-20(5-8-25-18)6-11-27(12-7-20)19(28)29/h3-4,13,18,25H,1-2,5-12,14H2,(H,28,29). The third-order valence-corrected chi connectivity index (χ3v) is 7.04. The summed E-state index contributed by atoms with van der Waals surface area (Å²) >= 11 is 0. The average molecular weight is 411 g/mol.